The maximum Gasteiger partial charge on any atom is 0.191 e. The van der Waals surface area contributed by atoms with E-state index in [1.165, 1.54) is 17.8 Å². The van der Waals surface area contributed by atoms with Crippen molar-refractivity contribution in [1.29, 1.82) is 0 Å². The zero-order valence-electron chi connectivity index (χ0n) is 10.4. The molecule has 0 aliphatic heterocycles. The molecule has 0 bridgehead atoms. The first-order valence-corrected chi connectivity index (χ1v) is 7.47. The molecule has 2 aromatic rings. The Kier molecular flexibility index (Phi) is 4.76. The molecule has 0 saturated heterocycles. The maximum absolute atomic E-state index is 13.6. The molecule has 0 aliphatic rings. The molecule has 2 rings (SSSR count). The Labute approximate surface area is 124 Å². The molecular weight excluding hydrogens is 329 g/mol. The van der Waals surface area contributed by atoms with Gasteiger partial charge in [-0.3, -0.25) is 0 Å². The van der Waals surface area contributed by atoms with Crippen LogP contribution in [0.4, 0.5) is 4.39 Å². The fourth-order valence-corrected chi connectivity index (χ4v) is 2.98. The van der Waals surface area contributed by atoms with Gasteiger partial charge in [-0.2, -0.15) is 0 Å². The standard InChI is InChI=1S/C13H13BrFN3S/c1-3-6-18-9(2)16-17-13(18)19-8-10-7-11(14)4-5-12(10)15/h3-5,7H,1,6,8H2,2H3. The van der Waals surface area contributed by atoms with Crippen LogP contribution < -0.4 is 0 Å². The van der Waals surface area contributed by atoms with E-state index >= 15 is 0 Å². The van der Waals surface area contributed by atoms with E-state index in [0.717, 1.165) is 15.5 Å². The number of aromatic nitrogens is 3. The van der Waals surface area contributed by atoms with Crippen LogP contribution in [-0.4, -0.2) is 14.8 Å². The van der Waals surface area contributed by atoms with Gasteiger partial charge in [0, 0.05) is 16.8 Å². The number of aryl methyl sites for hydroxylation is 1. The Morgan fingerprint density at radius 1 is 1.47 bits per heavy atom. The van der Waals surface area contributed by atoms with Crippen LogP contribution in [-0.2, 0) is 12.3 Å². The number of nitrogens with zero attached hydrogens (tertiary/aromatic N) is 3. The highest BCUT2D eigenvalue weighted by Gasteiger charge is 2.10. The summed E-state index contributed by atoms with van der Waals surface area (Å²) >= 11 is 4.81. The number of benzene rings is 1. The van der Waals surface area contributed by atoms with Crippen molar-refractivity contribution in [1.82, 2.24) is 14.8 Å². The van der Waals surface area contributed by atoms with Crippen LogP contribution in [0.15, 0.2) is 40.5 Å². The molecule has 6 heteroatoms. The van der Waals surface area contributed by atoms with Crippen molar-refractivity contribution in [2.24, 2.45) is 0 Å². The molecule has 100 valence electrons. The number of hydrogen-bond donors (Lipinski definition) is 0. The average Bonchev–Trinajstić information content (AvgIpc) is 2.73. The van der Waals surface area contributed by atoms with E-state index < -0.39 is 0 Å². The van der Waals surface area contributed by atoms with Crippen LogP contribution in [0.1, 0.15) is 11.4 Å². The molecule has 1 heterocycles. The lowest BCUT2D eigenvalue weighted by Gasteiger charge is -2.06. The molecule has 0 amide bonds. The number of halogens is 2. The fourth-order valence-electron chi connectivity index (χ4n) is 1.60. The van der Waals surface area contributed by atoms with Gasteiger partial charge in [0.2, 0.25) is 0 Å². The zero-order chi connectivity index (χ0) is 13.8. The molecule has 0 atom stereocenters. The molecule has 0 spiro atoms. The first-order valence-electron chi connectivity index (χ1n) is 5.69. The van der Waals surface area contributed by atoms with Gasteiger partial charge in [0.1, 0.15) is 11.6 Å². The van der Waals surface area contributed by atoms with Gasteiger partial charge in [-0.15, -0.1) is 16.8 Å². The largest absolute Gasteiger partial charge is 0.302 e. The van der Waals surface area contributed by atoms with Crippen LogP contribution in [0, 0.1) is 12.7 Å². The van der Waals surface area contributed by atoms with Crippen molar-refractivity contribution >= 4 is 27.7 Å². The molecule has 1 aromatic carbocycles. The van der Waals surface area contributed by atoms with E-state index in [4.69, 9.17) is 0 Å². The minimum atomic E-state index is -0.206. The summed E-state index contributed by atoms with van der Waals surface area (Å²) in [6.07, 6.45) is 1.79. The summed E-state index contributed by atoms with van der Waals surface area (Å²) in [5.41, 5.74) is 0.644. The van der Waals surface area contributed by atoms with Crippen LogP contribution in [0.3, 0.4) is 0 Å². The summed E-state index contributed by atoms with van der Waals surface area (Å²) < 4.78 is 16.5. The second kappa shape index (κ2) is 6.34. The van der Waals surface area contributed by atoms with Gasteiger partial charge in [0.15, 0.2) is 5.16 Å². The normalized spacial score (nSPS) is 10.7. The van der Waals surface area contributed by atoms with Crippen molar-refractivity contribution in [3.05, 3.63) is 52.5 Å². The van der Waals surface area contributed by atoms with Gasteiger partial charge in [-0.05, 0) is 30.7 Å². The summed E-state index contributed by atoms with van der Waals surface area (Å²) in [5, 5.41) is 8.90. The third kappa shape index (κ3) is 3.45. The quantitative estimate of drug-likeness (QED) is 0.609. The third-order valence-electron chi connectivity index (χ3n) is 2.58. The van der Waals surface area contributed by atoms with E-state index in [2.05, 4.69) is 32.7 Å². The topological polar surface area (TPSA) is 30.7 Å². The van der Waals surface area contributed by atoms with Gasteiger partial charge in [0.25, 0.3) is 0 Å². The van der Waals surface area contributed by atoms with Gasteiger partial charge >= 0.3 is 0 Å². The van der Waals surface area contributed by atoms with Gasteiger partial charge in [0.05, 0.1) is 0 Å². The van der Waals surface area contributed by atoms with Crippen LogP contribution in [0.5, 0.6) is 0 Å². The number of hydrogen-bond acceptors (Lipinski definition) is 3. The second-order valence-electron chi connectivity index (χ2n) is 3.95. The van der Waals surface area contributed by atoms with E-state index in [0.29, 0.717) is 17.9 Å². The summed E-state index contributed by atoms with van der Waals surface area (Å²) in [7, 11) is 0. The van der Waals surface area contributed by atoms with Crippen LogP contribution in [0.2, 0.25) is 0 Å². The van der Waals surface area contributed by atoms with Crippen LogP contribution in [0.25, 0.3) is 0 Å². The predicted octanol–water partition coefficient (Wildman–Crippen LogP) is 3.97. The molecule has 0 unspecified atom stereocenters. The number of thioether (sulfide) groups is 1. The molecular formula is C13H13BrFN3S. The van der Waals surface area contributed by atoms with Crippen molar-refractivity contribution < 1.29 is 4.39 Å². The molecule has 19 heavy (non-hydrogen) atoms. The highest BCUT2D eigenvalue weighted by molar-refractivity contribution is 9.10. The van der Waals surface area contributed by atoms with Gasteiger partial charge < -0.3 is 4.57 Å². The van der Waals surface area contributed by atoms with E-state index in [1.54, 1.807) is 18.2 Å². The summed E-state index contributed by atoms with van der Waals surface area (Å²) in [6.45, 7) is 6.25. The number of allylic oxidation sites excluding steroid dienone is 1. The molecule has 3 nitrogen and oxygen atoms in total. The summed E-state index contributed by atoms with van der Waals surface area (Å²) in [6, 6.07) is 4.93. The van der Waals surface area contributed by atoms with Crippen LogP contribution >= 0.6 is 27.7 Å². The lowest BCUT2D eigenvalue weighted by molar-refractivity contribution is 0.616. The second-order valence-corrected chi connectivity index (χ2v) is 5.81. The summed E-state index contributed by atoms with van der Waals surface area (Å²) in [5.74, 6) is 1.14. The van der Waals surface area contributed by atoms with E-state index in [1.807, 2.05) is 11.5 Å². The SMILES string of the molecule is C=CCn1c(C)nnc1SCc1cc(Br)ccc1F. The molecule has 0 saturated carbocycles. The average molecular weight is 342 g/mol. The minimum Gasteiger partial charge on any atom is -0.302 e. The fraction of sp³-hybridized carbons (Fsp3) is 0.231. The van der Waals surface area contributed by atoms with Crippen molar-refractivity contribution in [2.45, 2.75) is 24.4 Å². The molecule has 0 fully saturated rings. The highest BCUT2D eigenvalue weighted by Crippen LogP contribution is 2.25. The predicted molar refractivity (Wildman–Crippen MR) is 78.6 cm³/mol. The summed E-state index contributed by atoms with van der Waals surface area (Å²) in [4.78, 5) is 0. The maximum atomic E-state index is 13.6. The smallest absolute Gasteiger partial charge is 0.191 e. The molecule has 0 N–H and O–H groups in total. The Bertz CT molecular complexity index is 598. The molecule has 1 aromatic heterocycles. The van der Waals surface area contributed by atoms with Gasteiger partial charge in [-0.1, -0.05) is 33.8 Å². The first-order chi connectivity index (χ1) is 9.11. The van der Waals surface area contributed by atoms with E-state index in [-0.39, 0.29) is 5.82 Å². The Hall–Kier alpha value is -1.14. The van der Waals surface area contributed by atoms with Crippen molar-refractivity contribution in [2.75, 3.05) is 0 Å². The molecule has 0 aliphatic carbocycles. The Morgan fingerprint density at radius 2 is 2.26 bits per heavy atom. The van der Waals surface area contributed by atoms with Crippen molar-refractivity contribution in [3.8, 4) is 0 Å². The molecule has 0 radical (unpaired) electrons. The lowest BCUT2D eigenvalue weighted by Crippen LogP contribution is -2.00. The zero-order valence-corrected chi connectivity index (χ0v) is 12.8. The Balaban J connectivity index is 2.14. The Morgan fingerprint density at radius 3 is 3.00 bits per heavy atom. The third-order valence-corrected chi connectivity index (χ3v) is 4.09. The number of rotatable bonds is 5. The minimum absolute atomic E-state index is 0.206. The lowest BCUT2D eigenvalue weighted by atomic mass is 10.2. The van der Waals surface area contributed by atoms with E-state index in [9.17, 15) is 4.39 Å². The monoisotopic (exact) mass is 341 g/mol. The van der Waals surface area contributed by atoms with Crippen molar-refractivity contribution in [3.63, 3.8) is 0 Å². The highest BCUT2D eigenvalue weighted by atomic mass is 79.9. The van der Waals surface area contributed by atoms with Gasteiger partial charge in [-0.25, -0.2) is 4.39 Å². The first kappa shape index (κ1) is 14.3.